The van der Waals surface area contributed by atoms with Gasteiger partial charge in [0.1, 0.15) is 24.4 Å². The number of rotatable bonds is 6. The molecule has 1 heterocycles. The number of carbonyl (C=O) groups excluding carboxylic acids is 1. The van der Waals surface area contributed by atoms with Gasteiger partial charge in [0, 0.05) is 18.4 Å². The van der Waals surface area contributed by atoms with E-state index in [0.717, 1.165) is 0 Å². The summed E-state index contributed by atoms with van der Waals surface area (Å²) in [5.74, 6) is -0.434. The Morgan fingerprint density at radius 2 is 2.20 bits per heavy atom. The SMILES string of the molecule is CC(=O)N[C@@H]1[C@@H](OCCN=[N+]=[N-])O[C@@H](CO)[C@H](O)[C@@H]1O. The third-order valence-corrected chi connectivity index (χ3v) is 2.79. The standard InChI is InChI=1S/C10H18N4O6/c1-5(16)13-7-9(18)8(17)6(4-15)20-10(7)19-3-2-12-14-11/h6-10,15,17-18H,2-4H2,1H3,(H,13,16)/t6-,7-,8-,9+,10-/m0/s1. The fraction of sp³-hybridized carbons (Fsp3) is 0.900. The quantitative estimate of drug-likeness (QED) is 0.197. The first-order valence-corrected chi connectivity index (χ1v) is 6.03. The van der Waals surface area contributed by atoms with E-state index in [-0.39, 0.29) is 13.2 Å². The average Bonchev–Trinajstić information content (AvgIpc) is 2.41. The topological polar surface area (TPSA) is 157 Å². The maximum Gasteiger partial charge on any atom is 0.217 e. The van der Waals surface area contributed by atoms with Gasteiger partial charge >= 0.3 is 0 Å². The van der Waals surface area contributed by atoms with Gasteiger partial charge in [-0.25, -0.2) is 0 Å². The van der Waals surface area contributed by atoms with Crippen LogP contribution in [0, 0.1) is 0 Å². The number of hydrogen-bond acceptors (Lipinski definition) is 7. The van der Waals surface area contributed by atoms with E-state index in [1.54, 1.807) is 0 Å². The summed E-state index contributed by atoms with van der Waals surface area (Å²) < 4.78 is 10.5. The van der Waals surface area contributed by atoms with Crippen molar-refractivity contribution in [2.45, 2.75) is 37.6 Å². The van der Waals surface area contributed by atoms with Crippen molar-refractivity contribution in [3.8, 4) is 0 Å². The molecule has 1 aliphatic heterocycles. The van der Waals surface area contributed by atoms with Crippen LogP contribution in [0.2, 0.25) is 0 Å². The van der Waals surface area contributed by atoms with Crippen LogP contribution in [0.5, 0.6) is 0 Å². The van der Waals surface area contributed by atoms with E-state index in [4.69, 9.17) is 20.1 Å². The zero-order valence-corrected chi connectivity index (χ0v) is 10.9. The number of carbonyl (C=O) groups is 1. The molecule has 0 bridgehead atoms. The third-order valence-electron chi connectivity index (χ3n) is 2.79. The average molecular weight is 290 g/mol. The highest BCUT2D eigenvalue weighted by molar-refractivity contribution is 5.73. The van der Waals surface area contributed by atoms with E-state index in [2.05, 4.69) is 15.3 Å². The molecule has 1 fully saturated rings. The monoisotopic (exact) mass is 290 g/mol. The van der Waals surface area contributed by atoms with Gasteiger partial charge in [0.05, 0.1) is 13.2 Å². The molecule has 0 unspecified atom stereocenters. The van der Waals surface area contributed by atoms with Gasteiger partial charge < -0.3 is 30.1 Å². The fourth-order valence-electron chi connectivity index (χ4n) is 1.87. The molecule has 1 saturated heterocycles. The van der Waals surface area contributed by atoms with Gasteiger partial charge in [-0.15, -0.1) is 0 Å². The lowest BCUT2D eigenvalue weighted by Gasteiger charge is -2.42. The Bertz CT molecular complexity index is 375. The molecule has 20 heavy (non-hydrogen) atoms. The Hall–Kier alpha value is -1.42. The molecular weight excluding hydrogens is 272 g/mol. The number of hydrogen-bond donors (Lipinski definition) is 4. The van der Waals surface area contributed by atoms with Crippen molar-refractivity contribution in [3.05, 3.63) is 10.4 Å². The summed E-state index contributed by atoms with van der Waals surface area (Å²) in [5, 5.41) is 34.4. The Balaban J connectivity index is 2.72. The number of aliphatic hydroxyl groups is 3. The largest absolute Gasteiger partial charge is 0.394 e. The van der Waals surface area contributed by atoms with Gasteiger partial charge in [0.15, 0.2) is 6.29 Å². The molecular formula is C10H18N4O6. The molecule has 10 nitrogen and oxygen atoms in total. The summed E-state index contributed by atoms with van der Waals surface area (Å²) in [4.78, 5) is 13.7. The number of aliphatic hydroxyl groups excluding tert-OH is 3. The van der Waals surface area contributed by atoms with Crippen molar-refractivity contribution in [1.82, 2.24) is 5.32 Å². The molecule has 0 saturated carbocycles. The Kier molecular flexibility index (Phi) is 6.65. The van der Waals surface area contributed by atoms with Gasteiger partial charge in [-0.2, -0.15) is 0 Å². The highest BCUT2D eigenvalue weighted by Crippen LogP contribution is 2.22. The molecule has 5 atom stereocenters. The third kappa shape index (κ3) is 4.30. The molecule has 0 aromatic carbocycles. The summed E-state index contributed by atoms with van der Waals surface area (Å²) in [6.07, 6.45) is -4.80. The molecule has 1 rings (SSSR count). The van der Waals surface area contributed by atoms with Crippen molar-refractivity contribution in [3.63, 3.8) is 0 Å². The predicted molar refractivity (Wildman–Crippen MR) is 65.3 cm³/mol. The minimum absolute atomic E-state index is 0.00573. The summed E-state index contributed by atoms with van der Waals surface area (Å²) >= 11 is 0. The second-order valence-electron chi connectivity index (χ2n) is 4.26. The van der Waals surface area contributed by atoms with E-state index in [9.17, 15) is 15.0 Å². The second kappa shape index (κ2) is 8.00. The lowest BCUT2D eigenvalue weighted by molar-refractivity contribution is -0.269. The zero-order valence-electron chi connectivity index (χ0n) is 10.9. The number of nitrogens with zero attached hydrogens (tertiary/aromatic N) is 3. The number of amides is 1. The smallest absolute Gasteiger partial charge is 0.217 e. The number of ether oxygens (including phenoxy) is 2. The first-order chi connectivity index (χ1) is 9.51. The molecule has 4 N–H and O–H groups in total. The fourth-order valence-corrected chi connectivity index (χ4v) is 1.87. The Morgan fingerprint density at radius 1 is 1.50 bits per heavy atom. The number of azide groups is 1. The van der Waals surface area contributed by atoms with Crippen LogP contribution >= 0.6 is 0 Å². The van der Waals surface area contributed by atoms with Crippen molar-refractivity contribution < 1.29 is 29.6 Å². The normalized spacial score (nSPS) is 33.3. The predicted octanol–water partition coefficient (Wildman–Crippen LogP) is -1.74. The van der Waals surface area contributed by atoms with Crippen LogP contribution in [-0.2, 0) is 14.3 Å². The summed E-state index contributed by atoms with van der Waals surface area (Å²) in [5.41, 5.74) is 8.14. The number of nitrogens with one attached hydrogen (secondary N) is 1. The van der Waals surface area contributed by atoms with Crippen LogP contribution in [0.1, 0.15) is 6.92 Å². The van der Waals surface area contributed by atoms with Crippen molar-refractivity contribution in [2.24, 2.45) is 5.11 Å². The molecule has 1 aliphatic rings. The van der Waals surface area contributed by atoms with Gasteiger partial charge in [0.2, 0.25) is 5.91 Å². The lowest BCUT2D eigenvalue weighted by atomic mass is 9.97. The highest BCUT2D eigenvalue weighted by Gasteiger charge is 2.45. The molecule has 10 heteroatoms. The minimum Gasteiger partial charge on any atom is -0.394 e. The van der Waals surface area contributed by atoms with Crippen molar-refractivity contribution >= 4 is 5.91 Å². The van der Waals surface area contributed by atoms with Gasteiger partial charge in [-0.3, -0.25) is 4.79 Å². The van der Waals surface area contributed by atoms with Crippen LogP contribution in [0.15, 0.2) is 5.11 Å². The first kappa shape index (κ1) is 16.6. The highest BCUT2D eigenvalue weighted by atomic mass is 16.7. The van der Waals surface area contributed by atoms with Crippen LogP contribution in [-0.4, -0.2) is 71.6 Å². The van der Waals surface area contributed by atoms with Crippen molar-refractivity contribution in [2.75, 3.05) is 19.8 Å². The lowest BCUT2D eigenvalue weighted by Crippen LogP contribution is -2.64. The maximum absolute atomic E-state index is 11.1. The summed E-state index contributed by atoms with van der Waals surface area (Å²) in [6, 6.07) is -0.989. The summed E-state index contributed by atoms with van der Waals surface area (Å²) in [7, 11) is 0. The van der Waals surface area contributed by atoms with E-state index < -0.39 is 43.2 Å². The van der Waals surface area contributed by atoms with Crippen LogP contribution in [0.4, 0.5) is 0 Å². The van der Waals surface area contributed by atoms with Gasteiger partial charge in [-0.05, 0) is 5.53 Å². The second-order valence-corrected chi connectivity index (χ2v) is 4.26. The Labute approximate surface area is 114 Å². The maximum atomic E-state index is 11.1. The minimum atomic E-state index is -1.35. The van der Waals surface area contributed by atoms with E-state index in [1.807, 2.05) is 0 Å². The van der Waals surface area contributed by atoms with Crippen molar-refractivity contribution in [1.29, 1.82) is 0 Å². The Morgan fingerprint density at radius 3 is 2.75 bits per heavy atom. The molecule has 114 valence electrons. The van der Waals surface area contributed by atoms with E-state index >= 15 is 0 Å². The van der Waals surface area contributed by atoms with E-state index in [1.165, 1.54) is 6.92 Å². The van der Waals surface area contributed by atoms with Gasteiger partial charge in [0.25, 0.3) is 0 Å². The molecule has 0 radical (unpaired) electrons. The first-order valence-electron chi connectivity index (χ1n) is 6.03. The summed E-state index contributed by atoms with van der Waals surface area (Å²) in [6.45, 7) is 0.785. The van der Waals surface area contributed by atoms with Crippen LogP contribution in [0.3, 0.4) is 0 Å². The molecule has 0 aromatic rings. The molecule has 0 aliphatic carbocycles. The van der Waals surface area contributed by atoms with Gasteiger partial charge in [-0.1, -0.05) is 5.11 Å². The molecule has 0 spiro atoms. The van der Waals surface area contributed by atoms with E-state index in [0.29, 0.717) is 0 Å². The molecule has 1 amide bonds. The zero-order chi connectivity index (χ0) is 15.1. The van der Waals surface area contributed by atoms with Crippen LogP contribution in [0.25, 0.3) is 10.4 Å². The molecule has 0 aromatic heterocycles. The van der Waals surface area contributed by atoms with Crippen LogP contribution < -0.4 is 5.32 Å².